The second kappa shape index (κ2) is 7.14. The SMILES string of the molecule is C=CCCCCOC(=O)C1c2ccccc2Oc2ccccc21. The molecule has 0 saturated heterocycles. The highest BCUT2D eigenvalue weighted by Gasteiger charge is 2.33. The van der Waals surface area contributed by atoms with Crippen LogP contribution < -0.4 is 4.74 Å². The van der Waals surface area contributed by atoms with Crippen LogP contribution in [0.15, 0.2) is 61.2 Å². The Bertz CT molecular complexity index is 660. The molecule has 118 valence electrons. The predicted octanol–water partition coefficient (Wildman–Crippen LogP) is 4.82. The van der Waals surface area contributed by atoms with Crippen molar-refractivity contribution in [2.45, 2.75) is 25.2 Å². The van der Waals surface area contributed by atoms with Crippen molar-refractivity contribution >= 4 is 5.97 Å². The normalized spacial score (nSPS) is 12.7. The first-order valence-corrected chi connectivity index (χ1v) is 7.94. The zero-order valence-corrected chi connectivity index (χ0v) is 13.0. The molecule has 0 aliphatic carbocycles. The van der Waals surface area contributed by atoms with E-state index in [2.05, 4.69) is 6.58 Å². The summed E-state index contributed by atoms with van der Waals surface area (Å²) in [4.78, 5) is 12.7. The molecule has 1 aliphatic heterocycles. The number of unbranched alkanes of at least 4 members (excludes halogenated alkanes) is 2. The maximum absolute atomic E-state index is 12.7. The largest absolute Gasteiger partial charge is 0.465 e. The number of hydrogen-bond donors (Lipinski definition) is 0. The van der Waals surface area contributed by atoms with E-state index in [0.717, 1.165) is 41.9 Å². The number of carbonyl (C=O) groups is 1. The Kier molecular flexibility index (Phi) is 4.77. The average Bonchev–Trinajstić information content (AvgIpc) is 2.59. The van der Waals surface area contributed by atoms with Gasteiger partial charge in [0.05, 0.1) is 6.61 Å². The van der Waals surface area contributed by atoms with Crippen LogP contribution in [0.2, 0.25) is 0 Å². The number of fused-ring (bicyclic) bond motifs is 2. The van der Waals surface area contributed by atoms with Gasteiger partial charge in [-0.2, -0.15) is 0 Å². The summed E-state index contributed by atoms with van der Waals surface area (Å²) >= 11 is 0. The van der Waals surface area contributed by atoms with Crippen LogP contribution in [0.25, 0.3) is 0 Å². The number of ether oxygens (including phenoxy) is 2. The van der Waals surface area contributed by atoms with Crippen LogP contribution in [0, 0.1) is 0 Å². The van der Waals surface area contributed by atoms with E-state index >= 15 is 0 Å². The molecule has 0 amide bonds. The first-order chi connectivity index (χ1) is 11.3. The van der Waals surface area contributed by atoms with Gasteiger partial charge in [-0.05, 0) is 31.4 Å². The summed E-state index contributed by atoms with van der Waals surface area (Å²) in [6.45, 7) is 4.13. The minimum absolute atomic E-state index is 0.216. The molecule has 1 heterocycles. The van der Waals surface area contributed by atoms with E-state index in [1.54, 1.807) is 0 Å². The molecule has 0 fully saturated rings. The maximum atomic E-state index is 12.7. The molecule has 3 rings (SSSR count). The molecule has 1 aliphatic rings. The van der Waals surface area contributed by atoms with Crippen LogP contribution in [0.1, 0.15) is 36.3 Å². The fourth-order valence-corrected chi connectivity index (χ4v) is 2.81. The van der Waals surface area contributed by atoms with Crippen LogP contribution in [0.3, 0.4) is 0 Å². The van der Waals surface area contributed by atoms with Crippen LogP contribution in [-0.4, -0.2) is 12.6 Å². The molecule has 0 bridgehead atoms. The highest BCUT2D eigenvalue weighted by Crippen LogP contribution is 2.44. The zero-order chi connectivity index (χ0) is 16.1. The topological polar surface area (TPSA) is 35.5 Å². The number of esters is 1. The van der Waals surface area contributed by atoms with E-state index in [1.165, 1.54) is 0 Å². The van der Waals surface area contributed by atoms with Crippen molar-refractivity contribution in [1.82, 2.24) is 0 Å². The molecule has 0 radical (unpaired) electrons. The summed E-state index contributed by atoms with van der Waals surface area (Å²) < 4.78 is 11.4. The van der Waals surface area contributed by atoms with Gasteiger partial charge < -0.3 is 9.47 Å². The fourth-order valence-electron chi connectivity index (χ4n) is 2.81. The third kappa shape index (κ3) is 3.29. The number of para-hydroxylation sites is 2. The summed E-state index contributed by atoms with van der Waals surface area (Å²) in [5.41, 5.74) is 1.73. The second-order valence-corrected chi connectivity index (χ2v) is 5.56. The van der Waals surface area contributed by atoms with E-state index in [9.17, 15) is 4.79 Å². The number of carbonyl (C=O) groups excluding carboxylic acids is 1. The predicted molar refractivity (Wildman–Crippen MR) is 89.8 cm³/mol. The van der Waals surface area contributed by atoms with Gasteiger partial charge >= 0.3 is 5.97 Å². The van der Waals surface area contributed by atoms with Gasteiger partial charge in [0.1, 0.15) is 17.4 Å². The van der Waals surface area contributed by atoms with E-state index in [-0.39, 0.29) is 5.97 Å². The third-order valence-corrected chi connectivity index (χ3v) is 3.96. The van der Waals surface area contributed by atoms with Crippen molar-refractivity contribution in [3.05, 3.63) is 72.3 Å². The lowest BCUT2D eigenvalue weighted by molar-refractivity contribution is -0.144. The lowest BCUT2D eigenvalue weighted by atomic mass is 9.88. The molecule has 0 unspecified atom stereocenters. The van der Waals surface area contributed by atoms with Gasteiger partial charge in [0.15, 0.2) is 0 Å². The quantitative estimate of drug-likeness (QED) is 0.436. The Morgan fingerprint density at radius 3 is 2.26 bits per heavy atom. The second-order valence-electron chi connectivity index (χ2n) is 5.56. The van der Waals surface area contributed by atoms with E-state index in [4.69, 9.17) is 9.47 Å². The lowest BCUT2D eigenvalue weighted by Crippen LogP contribution is -2.21. The highest BCUT2D eigenvalue weighted by atomic mass is 16.5. The van der Waals surface area contributed by atoms with E-state index < -0.39 is 5.92 Å². The van der Waals surface area contributed by atoms with Crippen molar-refractivity contribution in [1.29, 1.82) is 0 Å². The highest BCUT2D eigenvalue weighted by molar-refractivity contribution is 5.85. The molecule has 3 nitrogen and oxygen atoms in total. The Labute approximate surface area is 136 Å². The standard InChI is InChI=1S/C20H20O3/c1-2-3-4-9-14-22-20(21)19-15-10-5-7-12-17(15)23-18-13-8-6-11-16(18)19/h2,5-8,10-13,19H,1,3-4,9,14H2. The molecular formula is C20H20O3. The molecule has 0 N–H and O–H groups in total. The average molecular weight is 308 g/mol. The zero-order valence-electron chi connectivity index (χ0n) is 13.0. The van der Waals surface area contributed by atoms with Crippen molar-refractivity contribution in [3.63, 3.8) is 0 Å². The monoisotopic (exact) mass is 308 g/mol. The molecule has 0 aromatic heterocycles. The molecule has 0 atom stereocenters. The molecule has 23 heavy (non-hydrogen) atoms. The van der Waals surface area contributed by atoms with Gasteiger partial charge in [0, 0.05) is 11.1 Å². The molecule has 3 heteroatoms. The molecule has 0 saturated carbocycles. The van der Waals surface area contributed by atoms with Crippen LogP contribution >= 0.6 is 0 Å². The Balaban J connectivity index is 1.80. The van der Waals surface area contributed by atoms with Crippen molar-refractivity contribution < 1.29 is 14.3 Å². The Morgan fingerprint density at radius 2 is 1.65 bits per heavy atom. The Hall–Kier alpha value is -2.55. The summed E-state index contributed by atoms with van der Waals surface area (Å²) in [7, 11) is 0. The third-order valence-electron chi connectivity index (χ3n) is 3.96. The molecule has 2 aromatic carbocycles. The van der Waals surface area contributed by atoms with Crippen LogP contribution in [-0.2, 0) is 9.53 Å². The number of allylic oxidation sites excluding steroid dienone is 1. The minimum Gasteiger partial charge on any atom is -0.465 e. The van der Waals surface area contributed by atoms with E-state index in [1.807, 2.05) is 54.6 Å². The van der Waals surface area contributed by atoms with Crippen molar-refractivity contribution in [2.75, 3.05) is 6.61 Å². The van der Waals surface area contributed by atoms with Gasteiger partial charge in [-0.1, -0.05) is 42.5 Å². The summed E-state index contributed by atoms with van der Waals surface area (Å²) in [5, 5.41) is 0. The summed E-state index contributed by atoms with van der Waals surface area (Å²) in [5.74, 6) is 0.807. The summed E-state index contributed by atoms with van der Waals surface area (Å²) in [6, 6.07) is 15.3. The number of rotatable bonds is 6. The van der Waals surface area contributed by atoms with E-state index in [0.29, 0.717) is 6.61 Å². The number of hydrogen-bond acceptors (Lipinski definition) is 3. The Morgan fingerprint density at radius 1 is 1.04 bits per heavy atom. The first kappa shape index (κ1) is 15.3. The fraction of sp³-hybridized carbons (Fsp3) is 0.250. The van der Waals surface area contributed by atoms with Gasteiger partial charge in [-0.3, -0.25) is 4.79 Å². The smallest absolute Gasteiger partial charge is 0.318 e. The molecular weight excluding hydrogens is 288 g/mol. The van der Waals surface area contributed by atoms with Gasteiger partial charge in [0.25, 0.3) is 0 Å². The lowest BCUT2D eigenvalue weighted by Gasteiger charge is -2.26. The maximum Gasteiger partial charge on any atom is 0.318 e. The van der Waals surface area contributed by atoms with Gasteiger partial charge in [0.2, 0.25) is 0 Å². The summed E-state index contributed by atoms with van der Waals surface area (Å²) in [6.07, 6.45) is 4.66. The van der Waals surface area contributed by atoms with Gasteiger partial charge in [-0.15, -0.1) is 6.58 Å². The molecule has 0 spiro atoms. The molecule has 2 aromatic rings. The van der Waals surface area contributed by atoms with Crippen LogP contribution in [0.5, 0.6) is 11.5 Å². The number of benzene rings is 2. The minimum atomic E-state index is -0.421. The van der Waals surface area contributed by atoms with Crippen LogP contribution in [0.4, 0.5) is 0 Å². The first-order valence-electron chi connectivity index (χ1n) is 7.94. The van der Waals surface area contributed by atoms with Gasteiger partial charge in [-0.25, -0.2) is 0 Å². The van der Waals surface area contributed by atoms with Crippen molar-refractivity contribution in [3.8, 4) is 11.5 Å². The van der Waals surface area contributed by atoms with Crippen molar-refractivity contribution in [2.24, 2.45) is 0 Å².